The Bertz CT molecular complexity index is 683. The first-order chi connectivity index (χ1) is 8.66. The van der Waals surface area contributed by atoms with Gasteiger partial charge in [-0.25, -0.2) is 4.99 Å². The lowest BCUT2D eigenvalue weighted by Crippen LogP contribution is -2.02. The number of aryl methyl sites for hydroxylation is 1. The number of phenolic OH excluding ortho intramolecular Hbond substituents is 1. The number of rotatable bonds is 1. The lowest BCUT2D eigenvalue weighted by atomic mass is 9.96. The highest BCUT2D eigenvalue weighted by molar-refractivity contribution is 6.20. The maximum Gasteiger partial charge on any atom is 0.115 e. The molecule has 88 valence electrons. The molecule has 0 amide bonds. The maximum absolute atomic E-state index is 9.47. The molecule has 0 bridgehead atoms. The van der Waals surface area contributed by atoms with E-state index in [-0.39, 0.29) is 5.75 Å². The van der Waals surface area contributed by atoms with Gasteiger partial charge in [-0.15, -0.1) is 0 Å². The van der Waals surface area contributed by atoms with Crippen molar-refractivity contribution in [3.8, 4) is 5.75 Å². The van der Waals surface area contributed by atoms with Gasteiger partial charge in [0, 0.05) is 16.7 Å². The van der Waals surface area contributed by atoms with Gasteiger partial charge in [-0.1, -0.05) is 30.8 Å². The first-order valence-electron chi connectivity index (χ1n) is 5.84. The number of aliphatic imine (C=N–C) groups is 1. The summed E-state index contributed by atoms with van der Waals surface area (Å²) >= 11 is 0. The smallest absolute Gasteiger partial charge is 0.115 e. The van der Waals surface area contributed by atoms with Crippen molar-refractivity contribution < 1.29 is 5.11 Å². The average molecular weight is 235 g/mol. The molecule has 1 aliphatic rings. The molecular weight excluding hydrogens is 222 g/mol. The minimum absolute atomic E-state index is 0.280. The molecule has 2 nitrogen and oxygen atoms in total. The van der Waals surface area contributed by atoms with Gasteiger partial charge >= 0.3 is 0 Å². The van der Waals surface area contributed by atoms with Crippen LogP contribution in [0.1, 0.15) is 22.3 Å². The van der Waals surface area contributed by atoms with Gasteiger partial charge < -0.3 is 5.11 Å². The second-order valence-corrected chi connectivity index (χ2v) is 4.45. The van der Waals surface area contributed by atoms with Crippen LogP contribution in [0.3, 0.4) is 0 Å². The number of fused-ring (bicyclic) bond motifs is 1. The van der Waals surface area contributed by atoms with Gasteiger partial charge in [0.25, 0.3) is 0 Å². The average Bonchev–Trinajstić information content (AvgIpc) is 2.68. The van der Waals surface area contributed by atoms with Crippen molar-refractivity contribution in [2.45, 2.75) is 6.92 Å². The quantitative estimate of drug-likeness (QED) is 0.805. The molecule has 2 aromatic carbocycles. The van der Waals surface area contributed by atoms with Crippen molar-refractivity contribution in [3.63, 3.8) is 0 Å². The molecule has 0 fully saturated rings. The monoisotopic (exact) mass is 235 g/mol. The third-order valence-electron chi connectivity index (χ3n) is 3.20. The molecular formula is C16H13NO. The first kappa shape index (κ1) is 10.8. The number of nitrogens with zero attached hydrogens (tertiary/aromatic N) is 1. The third-order valence-corrected chi connectivity index (χ3v) is 3.20. The third kappa shape index (κ3) is 1.54. The number of benzene rings is 2. The number of phenols is 1. The number of aromatic hydroxyl groups is 1. The molecule has 2 aromatic rings. The van der Waals surface area contributed by atoms with E-state index in [2.05, 4.69) is 17.6 Å². The highest BCUT2D eigenvalue weighted by atomic mass is 16.3. The lowest BCUT2D eigenvalue weighted by Gasteiger charge is -2.07. The predicted molar refractivity (Wildman–Crippen MR) is 74.0 cm³/mol. The summed E-state index contributed by atoms with van der Waals surface area (Å²) in [5, 5.41) is 9.47. The zero-order valence-corrected chi connectivity index (χ0v) is 10.1. The van der Waals surface area contributed by atoms with E-state index in [1.54, 1.807) is 12.1 Å². The van der Waals surface area contributed by atoms with E-state index in [0.29, 0.717) is 0 Å². The van der Waals surface area contributed by atoms with Crippen LogP contribution >= 0.6 is 0 Å². The second kappa shape index (κ2) is 3.84. The number of hydrogen-bond donors (Lipinski definition) is 1. The van der Waals surface area contributed by atoms with Crippen molar-refractivity contribution in [1.82, 2.24) is 0 Å². The molecule has 0 saturated heterocycles. The molecule has 0 saturated carbocycles. The summed E-state index contributed by atoms with van der Waals surface area (Å²) in [5.74, 6) is 0.280. The van der Waals surface area contributed by atoms with E-state index >= 15 is 0 Å². The van der Waals surface area contributed by atoms with Crippen LogP contribution in [0.25, 0.3) is 5.70 Å². The van der Waals surface area contributed by atoms with E-state index in [1.807, 2.05) is 31.2 Å². The molecule has 1 N–H and O–H groups in total. The fourth-order valence-corrected chi connectivity index (χ4v) is 2.32. The van der Waals surface area contributed by atoms with Crippen LogP contribution in [0.5, 0.6) is 5.75 Å². The Morgan fingerprint density at radius 1 is 1.00 bits per heavy atom. The molecule has 0 aliphatic carbocycles. The molecule has 0 radical (unpaired) electrons. The van der Waals surface area contributed by atoms with E-state index in [0.717, 1.165) is 33.7 Å². The Balaban J connectivity index is 2.20. The molecule has 0 unspecified atom stereocenters. The number of hydrogen-bond acceptors (Lipinski definition) is 2. The Morgan fingerprint density at radius 3 is 2.44 bits per heavy atom. The summed E-state index contributed by atoms with van der Waals surface area (Å²) in [6.07, 6.45) is 0. The second-order valence-electron chi connectivity index (χ2n) is 4.45. The molecule has 2 heteroatoms. The molecule has 0 aromatic heterocycles. The molecule has 1 aliphatic heterocycles. The highest BCUT2D eigenvalue weighted by Crippen LogP contribution is 2.31. The van der Waals surface area contributed by atoms with Crippen LogP contribution in [-0.2, 0) is 0 Å². The van der Waals surface area contributed by atoms with Gasteiger partial charge in [0.1, 0.15) is 5.75 Å². The van der Waals surface area contributed by atoms with Gasteiger partial charge in [-0.3, -0.25) is 0 Å². The predicted octanol–water partition coefficient (Wildman–Crippen LogP) is 3.52. The summed E-state index contributed by atoms with van der Waals surface area (Å²) in [6.45, 7) is 5.96. The van der Waals surface area contributed by atoms with E-state index in [9.17, 15) is 5.11 Å². The van der Waals surface area contributed by atoms with Crippen LogP contribution in [0, 0.1) is 6.92 Å². The minimum atomic E-state index is 0.280. The summed E-state index contributed by atoms with van der Waals surface area (Å²) in [6, 6.07) is 13.4. The molecule has 3 rings (SSSR count). The van der Waals surface area contributed by atoms with Crippen molar-refractivity contribution in [1.29, 1.82) is 0 Å². The van der Waals surface area contributed by atoms with Crippen molar-refractivity contribution in [2.75, 3.05) is 0 Å². The molecule has 1 heterocycles. The standard InChI is InChI=1S/C16H13NO/c1-10-9-12(18)7-8-13(10)16-15-6-4-3-5-14(15)11(2)17-16/h3-9,18H,2H2,1H3. The fourth-order valence-electron chi connectivity index (χ4n) is 2.32. The highest BCUT2D eigenvalue weighted by Gasteiger charge is 2.20. The fraction of sp³-hybridized carbons (Fsp3) is 0.0625. The summed E-state index contributed by atoms with van der Waals surface area (Å²) in [7, 11) is 0. The lowest BCUT2D eigenvalue weighted by molar-refractivity contribution is 0.475. The maximum atomic E-state index is 9.47. The van der Waals surface area contributed by atoms with Gasteiger partial charge in [0.2, 0.25) is 0 Å². The summed E-state index contributed by atoms with van der Waals surface area (Å²) in [4.78, 5) is 4.56. The van der Waals surface area contributed by atoms with E-state index in [4.69, 9.17) is 0 Å². The summed E-state index contributed by atoms with van der Waals surface area (Å²) in [5.41, 5.74) is 5.98. The van der Waals surface area contributed by atoms with Crippen molar-refractivity contribution in [3.05, 3.63) is 71.3 Å². The normalized spacial score (nSPS) is 13.4. The van der Waals surface area contributed by atoms with Gasteiger partial charge in [-0.2, -0.15) is 0 Å². The van der Waals surface area contributed by atoms with Gasteiger partial charge in [0.15, 0.2) is 0 Å². The van der Waals surface area contributed by atoms with Crippen molar-refractivity contribution >= 4 is 11.4 Å². The zero-order chi connectivity index (χ0) is 12.7. The van der Waals surface area contributed by atoms with Crippen LogP contribution in [-0.4, -0.2) is 10.8 Å². The van der Waals surface area contributed by atoms with Crippen LogP contribution in [0.15, 0.2) is 54.0 Å². The summed E-state index contributed by atoms with van der Waals surface area (Å²) < 4.78 is 0. The Hall–Kier alpha value is -2.35. The van der Waals surface area contributed by atoms with Crippen LogP contribution in [0.2, 0.25) is 0 Å². The Morgan fingerprint density at radius 2 is 1.72 bits per heavy atom. The Kier molecular flexibility index (Phi) is 2.30. The SMILES string of the molecule is C=C1N=C(c2ccc(O)cc2C)c2ccccc21. The Labute approximate surface area is 106 Å². The minimum Gasteiger partial charge on any atom is -0.508 e. The molecule has 0 atom stereocenters. The largest absolute Gasteiger partial charge is 0.508 e. The molecule has 18 heavy (non-hydrogen) atoms. The van der Waals surface area contributed by atoms with Gasteiger partial charge in [-0.05, 0) is 30.7 Å². The first-order valence-corrected chi connectivity index (χ1v) is 5.84. The van der Waals surface area contributed by atoms with Crippen LogP contribution < -0.4 is 0 Å². The van der Waals surface area contributed by atoms with E-state index in [1.165, 1.54) is 0 Å². The van der Waals surface area contributed by atoms with E-state index < -0.39 is 0 Å². The van der Waals surface area contributed by atoms with Crippen molar-refractivity contribution in [2.24, 2.45) is 4.99 Å². The topological polar surface area (TPSA) is 32.6 Å². The van der Waals surface area contributed by atoms with Crippen LogP contribution in [0.4, 0.5) is 0 Å². The molecule has 0 spiro atoms. The zero-order valence-electron chi connectivity index (χ0n) is 10.1. The van der Waals surface area contributed by atoms with Gasteiger partial charge in [0.05, 0.1) is 11.4 Å².